The third-order valence-corrected chi connectivity index (χ3v) is 17.6. The Labute approximate surface area is 603 Å². The third kappa shape index (κ3) is 33.6. The first kappa shape index (κ1) is 86.1. The van der Waals surface area contributed by atoms with Crippen molar-refractivity contribution in [2.75, 3.05) is 104 Å². The van der Waals surface area contributed by atoms with Crippen molar-refractivity contribution in [2.45, 2.75) is 154 Å². The smallest absolute Gasteiger partial charge is 0.317 e. The number of H-pyrrole nitrogens is 2. The first-order valence-corrected chi connectivity index (χ1v) is 36.1. The third-order valence-electron chi connectivity index (χ3n) is 17.0. The Hall–Kier alpha value is -9.26. The Bertz CT molecular complexity index is 3270. The number of carboxylic acids is 3. The van der Waals surface area contributed by atoms with Crippen LogP contribution in [0.4, 0.5) is 0 Å². The summed E-state index contributed by atoms with van der Waals surface area (Å²) >= 11 is 1.46. The number of aliphatic carboxylic acids is 3. The molecule has 4 rings (SSSR count). The number of carbonyl (C=O) groups is 14. The van der Waals surface area contributed by atoms with E-state index in [4.69, 9.17) is 11.5 Å². The largest absolute Gasteiger partial charge is 0.480 e. The van der Waals surface area contributed by atoms with Crippen LogP contribution in [0.15, 0.2) is 43.0 Å². The van der Waals surface area contributed by atoms with Crippen LogP contribution in [0.25, 0.3) is 10.9 Å². The van der Waals surface area contributed by atoms with Crippen LogP contribution in [-0.2, 0) is 80.0 Å². The van der Waals surface area contributed by atoms with Crippen molar-refractivity contribution in [1.29, 1.82) is 0 Å². The van der Waals surface area contributed by atoms with Gasteiger partial charge in [-0.1, -0.05) is 65.2 Å². The summed E-state index contributed by atoms with van der Waals surface area (Å²) in [6, 6.07) is -1.55. The van der Waals surface area contributed by atoms with E-state index in [1.165, 1.54) is 31.2 Å². The lowest BCUT2D eigenvalue weighted by molar-refractivity contribution is -0.140. The molecule has 1 saturated heterocycles. The number of primary amides is 2. The Kier molecular flexibility index (Phi) is 38.2. The van der Waals surface area contributed by atoms with Crippen molar-refractivity contribution >= 4 is 106 Å². The van der Waals surface area contributed by atoms with E-state index in [-0.39, 0.29) is 135 Å². The molecule has 0 radical (unpaired) electrons. The fraction of sp³-hybridized carbons (Fsp3) is 0.627. The second-order valence-electron chi connectivity index (χ2n) is 26.4. The van der Waals surface area contributed by atoms with E-state index in [1.54, 1.807) is 52.9 Å². The quantitative estimate of drug-likeness (QED) is 0.0257. The van der Waals surface area contributed by atoms with Crippen LogP contribution in [0.3, 0.4) is 0 Å². The Morgan fingerprint density at radius 1 is 0.534 bits per heavy atom. The van der Waals surface area contributed by atoms with Crippen LogP contribution in [0.5, 0.6) is 0 Å². The zero-order valence-corrected chi connectivity index (χ0v) is 60.5. The van der Waals surface area contributed by atoms with Gasteiger partial charge in [-0.05, 0) is 74.5 Å². The van der Waals surface area contributed by atoms with Crippen LogP contribution in [0.1, 0.15) is 110 Å². The number of unbranched alkanes of at least 4 members (excludes halogenated alkanes) is 4. The number of hydrogen-bond acceptors (Lipinski definition) is 20. The number of fused-ring (bicyclic) bond motifs is 1. The van der Waals surface area contributed by atoms with Crippen molar-refractivity contribution in [3.63, 3.8) is 0 Å². The second-order valence-corrected chi connectivity index (χ2v) is 27.4. The lowest BCUT2D eigenvalue weighted by Crippen LogP contribution is -2.59. The minimum absolute atomic E-state index is 0.00902. The summed E-state index contributed by atoms with van der Waals surface area (Å²) in [5, 5.41) is 53.2. The first-order chi connectivity index (χ1) is 48.9. The molecule has 3 heterocycles. The van der Waals surface area contributed by atoms with Gasteiger partial charge in [0.05, 0.1) is 39.1 Å². The monoisotopic (exact) mass is 1470 g/mol. The molecule has 3 aromatic rings. The fourth-order valence-electron chi connectivity index (χ4n) is 11.3. The number of aromatic amines is 2. The number of hydrogen-bond donors (Lipinski definition) is 16. The molecule has 11 amide bonds. The number of rotatable bonds is 45. The molecular formula is C67H106N18O17S. The van der Waals surface area contributed by atoms with Crippen LogP contribution in [0, 0.1) is 11.8 Å². The summed E-state index contributed by atoms with van der Waals surface area (Å²) < 4.78 is 0. The summed E-state index contributed by atoms with van der Waals surface area (Å²) in [5.41, 5.74) is 12.8. The van der Waals surface area contributed by atoms with E-state index in [0.717, 1.165) is 10.9 Å². The van der Waals surface area contributed by atoms with Crippen molar-refractivity contribution < 1.29 is 82.4 Å². The molecular weight excluding hydrogens is 1360 g/mol. The summed E-state index contributed by atoms with van der Waals surface area (Å²) in [4.78, 5) is 200. The highest BCUT2D eigenvalue weighted by molar-refractivity contribution is 7.98. The van der Waals surface area contributed by atoms with E-state index >= 15 is 0 Å². The Morgan fingerprint density at radius 2 is 1.06 bits per heavy atom. The van der Waals surface area contributed by atoms with E-state index in [2.05, 4.69) is 62.8 Å². The maximum Gasteiger partial charge on any atom is 0.317 e. The normalized spacial score (nSPS) is 15.7. The number of nitrogens with two attached hydrogens (primary N) is 2. The van der Waals surface area contributed by atoms with Gasteiger partial charge in [0.2, 0.25) is 65.0 Å². The molecule has 7 atom stereocenters. The van der Waals surface area contributed by atoms with Crippen molar-refractivity contribution in [2.24, 2.45) is 23.3 Å². The highest BCUT2D eigenvalue weighted by Crippen LogP contribution is 2.20. The topological polar surface area (TPSA) is 517 Å². The van der Waals surface area contributed by atoms with Crippen molar-refractivity contribution in [3.05, 3.63) is 54.2 Å². The molecule has 1 aromatic carbocycles. The predicted octanol–water partition coefficient (Wildman–Crippen LogP) is -2.66. The highest BCUT2D eigenvalue weighted by atomic mass is 32.2. The van der Waals surface area contributed by atoms with Gasteiger partial charge >= 0.3 is 17.9 Å². The molecule has 572 valence electrons. The lowest BCUT2D eigenvalue weighted by Gasteiger charge is -2.32. The van der Waals surface area contributed by atoms with Gasteiger partial charge in [0.1, 0.15) is 42.3 Å². The van der Waals surface area contributed by atoms with E-state index in [0.29, 0.717) is 55.7 Å². The zero-order valence-electron chi connectivity index (χ0n) is 59.7. The van der Waals surface area contributed by atoms with Gasteiger partial charge in [0, 0.05) is 114 Å². The Morgan fingerprint density at radius 3 is 1.61 bits per heavy atom. The molecule has 0 aliphatic carbocycles. The molecule has 18 N–H and O–H groups in total. The van der Waals surface area contributed by atoms with Crippen LogP contribution >= 0.6 is 11.8 Å². The zero-order chi connectivity index (χ0) is 76.1. The van der Waals surface area contributed by atoms with E-state index in [1.807, 2.05) is 31.1 Å². The van der Waals surface area contributed by atoms with Gasteiger partial charge in [0.15, 0.2) is 0 Å². The molecule has 35 nitrogen and oxygen atoms in total. The number of benzene rings is 1. The molecule has 0 spiro atoms. The average molecular weight is 1470 g/mol. The minimum Gasteiger partial charge on any atom is -0.480 e. The number of thioether (sulfide) groups is 1. The first-order valence-electron chi connectivity index (χ1n) is 34.7. The molecule has 1 fully saturated rings. The number of carboxylic acid groups (broad SMARTS) is 3. The summed E-state index contributed by atoms with van der Waals surface area (Å²) in [6.45, 7) is 9.09. The predicted molar refractivity (Wildman–Crippen MR) is 381 cm³/mol. The number of nitrogens with one attached hydrogen (secondary N) is 11. The number of para-hydroxylation sites is 1. The maximum atomic E-state index is 14.4. The van der Waals surface area contributed by atoms with Gasteiger partial charge in [-0.15, -0.1) is 0 Å². The standard InChI is InChI=1S/C67H106N18O17S/c1-41(2)30-50(65(100)78-48(61(69)96)19-29-103-6)79-66(101)52(32-45-34-70-40-74-45)77-55(88)35-73-67(102)60(42(3)4)81-62(97)43(5)75-64(99)51(31-44-33-72-47-15-12-11-14-46(44)47)80-63(98)49(17-18-53(68)86)76-54(87)16-10-8-7-9-13-20-71-56(89)36-82-21-23-83(37-57(90)91)25-27-85(39-59(94)95)28-26-84(24-22-82)38-58(92)93/h11-12,14-15,33-34,40-43,48-52,60,72H,7-10,13,16-32,35-39H2,1-6H3,(H2,68,86)(H2,69,96)(H,70,74)(H,71,89)(H,73,102)(H,75,99)(H,76,87)(H,77,88)(H,78,100)(H,79,101)(H,80,98)(H,81,97)(H,90,91)(H,92,93)(H,94,95)/t43-,48-,49-,50-,51-,52-,60-/m0/s1. The second kappa shape index (κ2) is 45.7. The Balaban J connectivity index is 1.34. The molecule has 0 bridgehead atoms. The number of nitrogens with zero attached hydrogens (tertiary/aromatic N) is 5. The van der Waals surface area contributed by atoms with Gasteiger partial charge < -0.3 is 84.6 Å². The fourth-order valence-corrected chi connectivity index (χ4v) is 11.8. The minimum atomic E-state index is -1.39. The molecule has 1 aliphatic heterocycles. The lowest BCUT2D eigenvalue weighted by atomic mass is 10.0. The van der Waals surface area contributed by atoms with Gasteiger partial charge in [-0.2, -0.15) is 11.8 Å². The van der Waals surface area contributed by atoms with Gasteiger partial charge in [-0.3, -0.25) is 86.7 Å². The van der Waals surface area contributed by atoms with Gasteiger partial charge in [0.25, 0.3) is 0 Å². The number of imidazole rings is 1. The van der Waals surface area contributed by atoms with E-state index in [9.17, 15) is 82.4 Å². The molecule has 2 aromatic heterocycles. The molecule has 0 saturated carbocycles. The molecule has 36 heteroatoms. The SMILES string of the molecule is CSCC[C@H](NC(=O)[C@H](CC(C)C)NC(=O)[C@H](Cc1cnc[nH]1)NC(=O)CNC(=O)[C@@H](NC(=O)[C@H](C)NC(=O)[C@H](Cc1c[nH]c2ccccc12)NC(=O)[C@H](CCC(N)=O)NC(=O)CCCCCCCNC(=O)CN1CCN(CC(=O)O)CCN(CC(=O)O)CCN(CC(=O)O)CC1)C(C)C)C(N)=O. The summed E-state index contributed by atoms with van der Waals surface area (Å²) in [5.74, 6) is -11.1. The molecule has 1 aliphatic rings. The van der Waals surface area contributed by atoms with Crippen LogP contribution in [-0.4, -0.2) is 279 Å². The highest BCUT2D eigenvalue weighted by Gasteiger charge is 2.34. The number of carbonyl (C=O) groups excluding carboxylic acids is 11. The maximum absolute atomic E-state index is 14.4. The average Bonchev–Trinajstić information content (AvgIpc) is 1.57. The van der Waals surface area contributed by atoms with Crippen molar-refractivity contribution in [3.8, 4) is 0 Å². The van der Waals surface area contributed by atoms with Crippen molar-refractivity contribution in [1.82, 2.24) is 82.4 Å². The summed E-state index contributed by atoms with van der Waals surface area (Å²) in [6.07, 6.45) is 8.94. The van der Waals surface area contributed by atoms with Crippen LogP contribution in [0.2, 0.25) is 0 Å². The molecule has 103 heavy (non-hydrogen) atoms. The number of aromatic nitrogens is 3. The van der Waals surface area contributed by atoms with Gasteiger partial charge in [-0.25, -0.2) is 4.98 Å². The number of amides is 11. The summed E-state index contributed by atoms with van der Waals surface area (Å²) in [7, 11) is 0. The van der Waals surface area contributed by atoms with Crippen LogP contribution < -0.4 is 59.3 Å². The van der Waals surface area contributed by atoms with E-state index < -0.39 is 132 Å². The molecule has 0 unspecified atom stereocenters.